The maximum absolute atomic E-state index is 12.9. The molecule has 1 atom stereocenters. The second kappa shape index (κ2) is 8.95. The van der Waals surface area contributed by atoms with Crippen molar-refractivity contribution in [1.29, 1.82) is 0 Å². The van der Waals surface area contributed by atoms with Crippen LogP contribution in [0.4, 0.5) is 0 Å². The van der Waals surface area contributed by atoms with Crippen LogP contribution in [0.3, 0.4) is 0 Å². The summed E-state index contributed by atoms with van der Waals surface area (Å²) in [5, 5.41) is 10.7. The molecule has 1 saturated heterocycles. The lowest BCUT2D eigenvalue weighted by Crippen LogP contribution is -2.57. The van der Waals surface area contributed by atoms with Gasteiger partial charge in [0.2, 0.25) is 0 Å². The summed E-state index contributed by atoms with van der Waals surface area (Å²) in [4.78, 5) is 17.8. The van der Waals surface area contributed by atoms with Gasteiger partial charge in [-0.25, -0.2) is 0 Å². The minimum Gasteiger partial charge on any atom is -0.464 e. The summed E-state index contributed by atoms with van der Waals surface area (Å²) in [5.74, 6) is 0. The quantitative estimate of drug-likeness (QED) is 0.824. The molecule has 5 nitrogen and oxygen atoms in total. The Morgan fingerprint density at radius 3 is 2.79 bits per heavy atom. The number of fused-ring (bicyclic) bond motifs is 1. The van der Waals surface area contributed by atoms with Crippen LogP contribution in [0.5, 0.6) is 0 Å². The third-order valence-corrected chi connectivity index (χ3v) is 6.55. The first kappa shape index (κ1) is 19.9. The molecule has 152 valence electrons. The SMILES string of the molecule is O=c1c(CN2CCN(C3CCCCC3)C(CCO)C2)coc2ccc(Cl)cc12. The first-order valence-corrected chi connectivity index (χ1v) is 10.8. The van der Waals surface area contributed by atoms with Gasteiger partial charge in [-0.3, -0.25) is 14.6 Å². The molecule has 1 N–H and O–H groups in total. The summed E-state index contributed by atoms with van der Waals surface area (Å²) < 4.78 is 5.68. The standard InChI is InChI=1S/C22H29ClN2O3/c23-17-6-7-21-20(12-17)22(27)16(15-28-21)13-24-9-10-25(19(14-24)8-11-26)18-4-2-1-3-5-18/h6-7,12,15,18-19,26H,1-5,8-11,13-14H2. The third kappa shape index (κ3) is 4.28. The van der Waals surface area contributed by atoms with Gasteiger partial charge in [0.25, 0.3) is 0 Å². The zero-order chi connectivity index (χ0) is 19.5. The van der Waals surface area contributed by atoms with E-state index in [-0.39, 0.29) is 12.0 Å². The van der Waals surface area contributed by atoms with Gasteiger partial charge in [-0.05, 0) is 37.5 Å². The van der Waals surface area contributed by atoms with Gasteiger partial charge in [-0.15, -0.1) is 0 Å². The molecule has 1 saturated carbocycles. The molecular formula is C22H29ClN2O3. The van der Waals surface area contributed by atoms with Crippen molar-refractivity contribution in [2.24, 2.45) is 0 Å². The highest BCUT2D eigenvalue weighted by Gasteiger charge is 2.32. The Morgan fingerprint density at radius 1 is 1.18 bits per heavy atom. The lowest BCUT2D eigenvalue weighted by Gasteiger charge is -2.46. The van der Waals surface area contributed by atoms with Crippen molar-refractivity contribution in [3.8, 4) is 0 Å². The van der Waals surface area contributed by atoms with Crippen LogP contribution in [0.15, 0.2) is 33.7 Å². The summed E-state index contributed by atoms with van der Waals surface area (Å²) in [7, 11) is 0. The van der Waals surface area contributed by atoms with Gasteiger partial charge in [0.1, 0.15) is 5.58 Å². The highest BCUT2D eigenvalue weighted by molar-refractivity contribution is 6.31. The fraction of sp³-hybridized carbons (Fsp3) is 0.591. The van der Waals surface area contributed by atoms with E-state index < -0.39 is 0 Å². The normalized spacial score (nSPS) is 22.7. The molecule has 1 aliphatic carbocycles. The zero-order valence-corrected chi connectivity index (χ0v) is 17.0. The Bertz CT molecular complexity index is 862. The predicted octanol–water partition coefficient (Wildman–Crippen LogP) is 3.65. The topological polar surface area (TPSA) is 56.9 Å². The molecule has 2 heterocycles. The molecule has 28 heavy (non-hydrogen) atoms. The molecular weight excluding hydrogens is 376 g/mol. The Morgan fingerprint density at radius 2 is 2.00 bits per heavy atom. The van der Waals surface area contributed by atoms with Gasteiger partial charge in [0, 0.05) is 55.5 Å². The van der Waals surface area contributed by atoms with E-state index in [1.165, 1.54) is 32.1 Å². The van der Waals surface area contributed by atoms with Gasteiger partial charge in [0.05, 0.1) is 11.6 Å². The maximum Gasteiger partial charge on any atom is 0.197 e. The number of benzene rings is 1. The van der Waals surface area contributed by atoms with Crippen LogP contribution in [0, 0.1) is 0 Å². The van der Waals surface area contributed by atoms with Crippen LogP contribution < -0.4 is 5.43 Å². The second-order valence-corrected chi connectivity index (χ2v) is 8.60. The molecule has 2 aromatic rings. The van der Waals surface area contributed by atoms with Gasteiger partial charge < -0.3 is 9.52 Å². The van der Waals surface area contributed by atoms with Crippen molar-refractivity contribution in [3.05, 3.63) is 45.3 Å². The fourth-order valence-electron chi connectivity index (χ4n) is 4.87. The van der Waals surface area contributed by atoms with Crippen molar-refractivity contribution in [2.75, 3.05) is 26.2 Å². The van der Waals surface area contributed by atoms with Gasteiger partial charge >= 0.3 is 0 Å². The molecule has 4 rings (SSSR count). The largest absolute Gasteiger partial charge is 0.464 e. The minimum atomic E-state index is -0.00262. The lowest BCUT2D eigenvalue weighted by atomic mass is 9.91. The first-order chi connectivity index (χ1) is 13.7. The number of hydrogen-bond acceptors (Lipinski definition) is 5. The second-order valence-electron chi connectivity index (χ2n) is 8.16. The average Bonchev–Trinajstić information content (AvgIpc) is 2.72. The van der Waals surface area contributed by atoms with Crippen molar-refractivity contribution in [2.45, 2.75) is 57.2 Å². The number of halogens is 1. The number of piperazine rings is 1. The van der Waals surface area contributed by atoms with Crippen LogP contribution in [-0.2, 0) is 6.54 Å². The summed E-state index contributed by atoms with van der Waals surface area (Å²) in [5.41, 5.74) is 1.24. The van der Waals surface area contributed by atoms with Crippen LogP contribution >= 0.6 is 11.6 Å². The van der Waals surface area contributed by atoms with E-state index in [0.29, 0.717) is 40.2 Å². The number of rotatable bonds is 5. The summed E-state index contributed by atoms with van der Waals surface area (Å²) in [6.45, 7) is 3.60. The molecule has 0 radical (unpaired) electrons. The first-order valence-electron chi connectivity index (χ1n) is 10.4. The van der Waals surface area contributed by atoms with E-state index in [2.05, 4.69) is 9.80 Å². The molecule has 0 amide bonds. The molecule has 0 spiro atoms. The molecule has 1 unspecified atom stereocenters. The van der Waals surface area contributed by atoms with Crippen LogP contribution in [0.2, 0.25) is 5.02 Å². The van der Waals surface area contributed by atoms with E-state index in [4.69, 9.17) is 16.0 Å². The summed E-state index contributed by atoms with van der Waals surface area (Å²) in [6, 6.07) is 6.16. The third-order valence-electron chi connectivity index (χ3n) is 6.32. The Labute approximate surface area is 170 Å². The fourth-order valence-corrected chi connectivity index (χ4v) is 5.04. The van der Waals surface area contributed by atoms with Gasteiger partial charge in [0.15, 0.2) is 5.43 Å². The lowest BCUT2D eigenvalue weighted by molar-refractivity contribution is 0.0134. The predicted molar refractivity (Wildman–Crippen MR) is 112 cm³/mol. The van der Waals surface area contributed by atoms with Crippen LogP contribution in [-0.4, -0.2) is 53.2 Å². The maximum atomic E-state index is 12.9. The van der Waals surface area contributed by atoms with Crippen LogP contribution in [0.1, 0.15) is 44.1 Å². The van der Waals surface area contributed by atoms with Crippen molar-refractivity contribution in [3.63, 3.8) is 0 Å². The van der Waals surface area contributed by atoms with E-state index in [1.807, 2.05) is 0 Å². The molecule has 6 heteroatoms. The summed E-state index contributed by atoms with van der Waals surface area (Å²) in [6.07, 6.45) is 8.91. The molecule has 2 fully saturated rings. The average molecular weight is 405 g/mol. The number of hydrogen-bond donors (Lipinski definition) is 1. The number of aliphatic hydroxyl groups excluding tert-OH is 1. The highest BCUT2D eigenvalue weighted by atomic mass is 35.5. The molecule has 0 bridgehead atoms. The van der Waals surface area contributed by atoms with E-state index >= 15 is 0 Å². The van der Waals surface area contributed by atoms with Crippen LogP contribution in [0.25, 0.3) is 11.0 Å². The number of aliphatic hydroxyl groups is 1. The monoisotopic (exact) mass is 404 g/mol. The van der Waals surface area contributed by atoms with Gasteiger partial charge in [-0.1, -0.05) is 30.9 Å². The Hall–Kier alpha value is -1.40. The van der Waals surface area contributed by atoms with E-state index in [1.54, 1.807) is 24.5 Å². The van der Waals surface area contributed by atoms with Crippen molar-refractivity contribution < 1.29 is 9.52 Å². The number of nitrogens with zero attached hydrogens (tertiary/aromatic N) is 2. The minimum absolute atomic E-state index is 0.00262. The van der Waals surface area contributed by atoms with E-state index in [9.17, 15) is 9.90 Å². The van der Waals surface area contributed by atoms with Crippen molar-refractivity contribution >= 4 is 22.6 Å². The van der Waals surface area contributed by atoms with Crippen molar-refractivity contribution in [1.82, 2.24) is 9.80 Å². The molecule has 2 aliphatic rings. The van der Waals surface area contributed by atoms with E-state index in [0.717, 1.165) is 26.1 Å². The highest BCUT2D eigenvalue weighted by Crippen LogP contribution is 2.27. The van der Waals surface area contributed by atoms with Gasteiger partial charge in [-0.2, -0.15) is 0 Å². The Kier molecular flexibility index (Phi) is 6.36. The zero-order valence-electron chi connectivity index (χ0n) is 16.3. The summed E-state index contributed by atoms with van der Waals surface area (Å²) >= 11 is 6.06. The molecule has 1 aliphatic heterocycles. The molecule has 1 aromatic carbocycles. The smallest absolute Gasteiger partial charge is 0.197 e. The molecule has 1 aromatic heterocycles. The Balaban J connectivity index is 1.49.